The molecule has 1 aliphatic heterocycles. The lowest BCUT2D eigenvalue weighted by Gasteiger charge is -2.22. The average Bonchev–Trinajstić information content (AvgIpc) is 2.46. The van der Waals surface area contributed by atoms with Crippen LogP contribution in [-0.2, 0) is 4.74 Å². The SMILES string of the molecule is O=C(O)c1ccccc1C(=O)NCC1CCCOC1. The molecule has 5 heteroatoms. The quantitative estimate of drug-likeness (QED) is 0.864. The first-order valence-corrected chi connectivity index (χ1v) is 6.36. The highest BCUT2D eigenvalue weighted by Gasteiger charge is 2.18. The highest BCUT2D eigenvalue weighted by molar-refractivity contribution is 6.04. The predicted octanol–water partition coefficient (Wildman–Crippen LogP) is 1.54. The van der Waals surface area contributed by atoms with Crippen LogP contribution in [0.2, 0.25) is 0 Å². The van der Waals surface area contributed by atoms with E-state index in [1.54, 1.807) is 12.1 Å². The molecule has 2 rings (SSSR count). The van der Waals surface area contributed by atoms with E-state index in [1.165, 1.54) is 12.1 Å². The molecule has 0 aromatic heterocycles. The molecule has 19 heavy (non-hydrogen) atoms. The molecule has 102 valence electrons. The monoisotopic (exact) mass is 263 g/mol. The van der Waals surface area contributed by atoms with Crippen LogP contribution in [0.25, 0.3) is 0 Å². The minimum atomic E-state index is -1.09. The highest BCUT2D eigenvalue weighted by Crippen LogP contribution is 2.13. The number of hydrogen-bond acceptors (Lipinski definition) is 3. The van der Waals surface area contributed by atoms with Crippen LogP contribution in [-0.4, -0.2) is 36.7 Å². The summed E-state index contributed by atoms with van der Waals surface area (Å²) in [5.74, 6) is -1.12. The molecular formula is C14H17NO4. The summed E-state index contributed by atoms with van der Waals surface area (Å²) in [5.41, 5.74) is 0.228. The van der Waals surface area contributed by atoms with Crippen LogP contribution in [0.15, 0.2) is 24.3 Å². The first-order chi connectivity index (χ1) is 9.18. The average molecular weight is 263 g/mol. The lowest BCUT2D eigenvalue weighted by atomic mass is 10.0. The summed E-state index contributed by atoms with van der Waals surface area (Å²) >= 11 is 0. The number of carboxylic acid groups (broad SMARTS) is 1. The van der Waals surface area contributed by atoms with E-state index in [1.807, 2.05) is 0 Å². The van der Waals surface area contributed by atoms with E-state index >= 15 is 0 Å². The third-order valence-electron chi connectivity index (χ3n) is 3.21. The summed E-state index contributed by atoms with van der Waals surface area (Å²) < 4.78 is 5.34. The fourth-order valence-electron chi connectivity index (χ4n) is 2.17. The third kappa shape index (κ3) is 3.54. The molecule has 1 aromatic rings. The molecule has 1 saturated heterocycles. The third-order valence-corrected chi connectivity index (χ3v) is 3.21. The second kappa shape index (κ2) is 6.33. The molecule has 1 heterocycles. The molecule has 0 saturated carbocycles. The van der Waals surface area contributed by atoms with Crippen molar-refractivity contribution in [1.82, 2.24) is 5.32 Å². The Kier molecular flexibility index (Phi) is 4.52. The zero-order chi connectivity index (χ0) is 13.7. The summed E-state index contributed by atoms with van der Waals surface area (Å²) in [6.07, 6.45) is 2.03. The van der Waals surface area contributed by atoms with Gasteiger partial charge in [-0.2, -0.15) is 0 Å². The zero-order valence-electron chi connectivity index (χ0n) is 10.6. The topological polar surface area (TPSA) is 75.6 Å². The van der Waals surface area contributed by atoms with Gasteiger partial charge in [0.15, 0.2) is 0 Å². The number of carboxylic acids is 1. The van der Waals surface area contributed by atoms with Crippen molar-refractivity contribution in [1.29, 1.82) is 0 Å². The van der Waals surface area contributed by atoms with Crippen molar-refractivity contribution in [2.45, 2.75) is 12.8 Å². The van der Waals surface area contributed by atoms with Crippen LogP contribution in [0.1, 0.15) is 33.6 Å². The summed E-state index contributed by atoms with van der Waals surface area (Å²) in [6.45, 7) is 1.96. The largest absolute Gasteiger partial charge is 0.478 e. The first kappa shape index (κ1) is 13.5. The van der Waals surface area contributed by atoms with Crippen LogP contribution in [0.3, 0.4) is 0 Å². The number of ether oxygens (including phenoxy) is 1. The van der Waals surface area contributed by atoms with Gasteiger partial charge in [0.25, 0.3) is 5.91 Å². The first-order valence-electron chi connectivity index (χ1n) is 6.36. The number of carbonyl (C=O) groups excluding carboxylic acids is 1. The van der Waals surface area contributed by atoms with Gasteiger partial charge in [0, 0.05) is 13.2 Å². The molecule has 1 amide bonds. The van der Waals surface area contributed by atoms with Gasteiger partial charge in [-0.05, 0) is 30.9 Å². The van der Waals surface area contributed by atoms with Gasteiger partial charge in [-0.3, -0.25) is 4.79 Å². The van der Waals surface area contributed by atoms with Crippen molar-refractivity contribution in [3.63, 3.8) is 0 Å². The van der Waals surface area contributed by atoms with E-state index in [2.05, 4.69) is 5.32 Å². The number of carbonyl (C=O) groups is 2. The Bertz CT molecular complexity index is 466. The van der Waals surface area contributed by atoms with Gasteiger partial charge in [-0.15, -0.1) is 0 Å². The van der Waals surface area contributed by atoms with Gasteiger partial charge in [0.2, 0.25) is 0 Å². The lowest BCUT2D eigenvalue weighted by molar-refractivity contribution is 0.0535. The molecule has 1 fully saturated rings. The molecule has 0 aliphatic carbocycles. The van der Waals surface area contributed by atoms with Gasteiger partial charge in [0.1, 0.15) is 0 Å². The van der Waals surface area contributed by atoms with E-state index < -0.39 is 5.97 Å². The summed E-state index contributed by atoms with van der Waals surface area (Å²) in [7, 11) is 0. The summed E-state index contributed by atoms with van der Waals surface area (Å²) in [4.78, 5) is 23.0. The molecule has 1 aromatic carbocycles. The molecule has 1 unspecified atom stereocenters. The molecule has 5 nitrogen and oxygen atoms in total. The Labute approximate surface area is 111 Å². The van der Waals surface area contributed by atoms with Gasteiger partial charge in [-0.25, -0.2) is 4.79 Å². The van der Waals surface area contributed by atoms with Gasteiger partial charge in [0.05, 0.1) is 17.7 Å². The normalized spacial score (nSPS) is 18.8. The zero-order valence-corrected chi connectivity index (χ0v) is 10.6. The Morgan fingerprint density at radius 3 is 2.68 bits per heavy atom. The molecular weight excluding hydrogens is 246 g/mol. The molecule has 0 bridgehead atoms. The van der Waals surface area contributed by atoms with E-state index in [-0.39, 0.29) is 17.0 Å². The molecule has 0 spiro atoms. The Balaban J connectivity index is 1.97. The van der Waals surface area contributed by atoms with Gasteiger partial charge in [-0.1, -0.05) is 12.1 Å². The smallest absolute Gasteiger partial charge is 0.336 e. The number of rotatable bonds is 4. The van der Waals surface area contributed by atoms with Crippen molar-refractivity contribution >= 4 is 11.9 Å². The fraction of sp³-hybridized carbons (Fsp3) is 0.429. The van der Waals surface area contributed by atoms with Crippen LogP contribution >= 0.6 is 0 Å². The number of nitrogens with one attached hydrogen (secondary N) is 1. The minimum absolute atomic E-state index is 0.0277. The number of aromatic carboxylic acids is 1. The van der Waals surface area contributed by atoms with Crippen LogP contribution in [0, 0.1) is 5.92 Å². The van der Waals surface area contributed by atoms with E-state index in [0.717, 1.165) is 19.4 Å². The molecule has 1 atom stereocenters. The van der Waals surface area contributed by atoms with Crippen LogP contribution in [0.5, 0.6) is 0 Å². The highest BCUT2D eigenvalue weighted by atomic mass is 16.5. The van der Waals surface area contributed by atoms with E-state index in [4.69, 9.17) is 9.84 Å². The number of amides is 1. The van der Waals surface area contributed by atoms with Crippen molar-refractivity contribution in [3.8, 4) is 0 Å². The van der Waals surface area contributed by atoms with Gasteiger partial charge < -0.3 is 15.2 Å². The number of hydrogen-bond donors (Lipinski definition) is 2. The number of benzene rings is 1. The van der Waals surface area contributed by atoms with Crippen molar-refractivity contribution in [2.75, 3.05) is 19.8 Å². The molecule has 2 N–H and O–H groups in total. The maximum atomic E-state index is 12.0. The summed E-state index contributed by atoms with van der Waals surface area (Å²) in [5, 5.41) is 11.8. The van der Waals surface area contributed by atoms with Gasteiger partial charge >= 0.3 is 5.97 Å². The van der Waals surface area contributed by atoms with Crippen LogP contribution in [0.4, 0.5) is 0 Å². The minimum Gasteiger partial charge on any atom is -0.478 e. The lowest BCUT2D eigenvalue weighted by Crippen LogP contribution is -2.33. The maximum Gasteiger partial charge on any atom is 0.336 e. The van der Waals surface area contributed by atoms with E-state index in [9.17, 15) is 9.59 Å². The predicted molar refractivity (Wildman–Crippen MR) is 69.3 cm³/mol. The van der Waals surface area contributed by atoms with Crippen LogP contribution < -0.4 is 5.32 Å². The van der Waals surface area contributed by atoms with E-state index in [0.29, 0.717) is 19.1 Å². The molecule has 0 radical (unpaired) electrons. The summed E-state index contributed by atoms with van der Waals surface area (Å²) in [6, 6.07) is 6.22. The second-order valence-corrected chi connectivity index (χ2v) is 4.64. The van der Waals surface area contributed by atoms with Crippen molar-refractivity contribution < 1.29 is 19.4 Å². The fourth-order valence-corrected chi connectivity index (χ4v) is 2.17. The Hall–Kier alpha value is -1.88. The van der Waals surface area contributed by atoms with Crippen molar-refractivity contribution in [2.24, 2.45) is 5.92 Å². The maximum absolute atomic E-state index is 12.0. The van der Waals surface area contributed by atoms with Crippen molar-refractivity contribution in [3.05, 3.63) is 35.4 Å². The second-order valence-electron chi connectivity index (χ2n) is 4.64. The molecule has 1 aliphatic rings. The Morgan fingerprint density at radius 2 is 2.05 bits per heavy atom. The standard InChI is InChI=1S/C14H17NO4/c16-13(15-8-10-4-3-7-19-9-10)11-5-1-2-6-12(11)14(17)18/h1-2,5-6,10H,3-4,7-9H2,(H,15,16)(H,17,18). The Morgan fingerprint density at radius 1 is 1.32 bits per heavy atom.